The monoisotopic (exact) mass is 543 g/mol. The SMILES string of the molecule is CCC(C)C(NC(=O)C(CCCN=C(N)N)NC(=O)C(N)CCC(N)=O)C(=O)NC(CCC(N)=O)C(=O)O. The summed E-state index contributed by atoms with van der Waals surface area (Å²) in [6.45, 7) is 3.60. The van der Waals surface area contributed by atoms with Gasteiger partial charge in [0.25, 0.3) is 0 Å². The van der Waals surface area contributed by atoms with Gasteiger partial charge in [0.2, 0.25) is 29.5 Å². The van der Waals surface area contributed by atoms with Gasteiger partial charge < -0.3 is 49.7 Å². The average molecular weight is 544 g/mol. The summed E-state index contributed by atoms with van der Waals surface area (Å²) < 4.78 is 0. The highest BCUT2D eigenvalue weighted by molar-refractivity contribution is 5.94. The van der Waals surface area contributed by atoms with E-state index in [0.29, 0.717) is 6.42 Å². The number of carboxylic acids is 1. The minimum Gasteiger partial charge on any atom is -0.480 e. The molecule has 0 fully saturated rings. The Hall–Kier alpha value is -3.95. The molecule has 0 aromatic heterocycles. The van der Waals surface area contributed by atoms with Gasteiger partial charge in [0.1, 0.15) is 18.1 Å². The summed E-state index contributed by atoms with van der Waals surface area (Å²) in [5.41, 5.74) is 26.6. The largest absolute Gasteiger partial charge is 0.480 e. The van der Waals surface area contributed by atoms with Gasteiger partial charge in [0, 0.05) is 19.4 Å². The minimum atomic E-state index is -1.41. The van der Waals surface area contributed by atoms with Crippen LogP contribution in [0.4, 0.5) is 0 Å². The molecule has 0 saturated heterocycles. The van der Waals surface area contributed by atoms with Crippen molar-refractivity contribution in [2.24, 2.45) is 39.6 Å². The van der Waals surface area contributed by atoms with Crippen LogP contribution in [0.2, 0.25) is 0 Å². The van der Waals surface area contributed by atoms with Crippen LogP contribution in [0, 0.1) is 5.92 Å². The Balaban J connectivity index is 5.67. The van der Waals surface area contributed by atoms with E-state index < -0.39 is 65.6 Å². The number of amides is 5. The lowest BCUT2D eigenvalue weighted by Gasteiger charge is -2.28. The number of primary amides is 2. The van der Waals surface area contributed by atoms with Crippen LogP contribution in [0.1, 0.15) is 58.8 Å². The summed E-state index contributed by atoms with van der Waals surface area (Å²) in [7, 11) is 0. The van der Waals surface area contributed by atoms with Gasteiger partial charge >= 0.3 is 5.97 Å². The Labute approximate surface area is 220 Å². The molecule has 0 bridgehead atoms. The van der Waals surface area contributed by atoms with Crippen LogP contribution in [0.5, 0.6) is 0 Å². The molecule has 5 atom stereocenters. The van der Waals surface area contributed by atoms with Gasteiger partial charge in [0.05, 0.1) is 6.04 Å². The number of aliphatic imine (C=N–C) groups is 1. The van der Waals surface area contributed by atoms with E-state index in [-0.39, 0.29) is 51.0 Å². The smallest absolute Gasteiger partial charge is 0.326 e. The third kappa shape index (κ3) is 14.0. The molecule has 0 aromatic rings. The Kier molecular flexibility index (Phi) is 15.7. The molecule has 0 aliphatic rings. The molecule has 0 radical (unpaired) electrons. The number of nitrogens with one attached hydrogen (secondary N) is 3. The zero-order valence-corrected chi connectivity index (χ0v) is 21.8. The second-order valence-corrected chi connectivity index (χ2v) is 8.90. The second-order valence-electron chi connectivity index (χ2n) is 8.90. The first-order chi connectivity index (χ1) is 17.7. The molecule has 0 spiro atoms. The molecule has 0 heterocycles. The zero-order chi connectivity index (χ0) is 29.4. The van der Waals surface area contributed by atoms with Crippen molar-refractivity contribution < 1.29 is 33.9 Å². The van der Waals surface area contributed by atoms with Crippen LogP contribution >= 0.6 is 0 Å². The van der Waals surface area contributed by atoms with Crippen LogP contribution in [-0.4, -0.2) is 77.3 Å². The van der Waals surface area contributed by atoms with E-state index in [1.54, 1.807) is 13.8 Å². The van der Waals surface area contributed by atoms with E-state index >= 15 is 0 Å². The summed E-state index contributed by atoms with van der Waals surface area (Å²) in [5.74, 6) is -5.55. The molecule has 0 aliphatic heterocycles. The summed E-state index contributed by atoms with van der Waals surface area (Å²) in [6.07, 6.45) is 0.123. The fraction of sp³-hybridized carbons (Fsp3) is 0.682. The molecule has 5 amide bonds. The van der Waals surface area contributed by atoms with E-state index in [0.717, 1.165) is 0 Å². The standard InChI is InChI=1S/C22H41N9O7/c1-3-11(2)17(20(36)30-14(21(37)38)7-9-16(25)33)31-19(35)13(5-4-10-28-22(26)27)29-18(34)12(23)6-8-15(24)32/h11-14,17H,3-10,23H2,1-2H3,(H2,24,32)(H2,25,33)(H,29,34)(H,30,36)(H,31,35)(H,37,38)(H4,26,27,28). The molecule has 0 rings (SSSR count). The van der Waals surface area contributed by atoms with Crippen molar-refractivity contribution >= 4 is 41.5 Å². The lowest BCUT2D eigenvalue weighted by atomic mass is 9.96. The molecule has 5 unspecified atom stereocenters. The number of carbonyl (C=O) groups is 6. The van der Waals surface area contributed by atoms with Gasteiger partial charge in [-0.15, -0.1) is 0 Å². The van der Waals surface area contributed by atoms with Crippen molar-refractivity contribution in [3.05, 3.63) is 0 Å². The highest BCUT2D eigenvalue weighted by atomic mass is 16.4. The van der Waals surface area contributed by atoms with Gasteiger partial charge in [-0.05, 0) is 31.6 Å². The zero-order valence-electron chi connectivity index (χ0n) is 21.8. The number of guanidine groups is 1. The Morgan fingerprint density at radius 1 is 0.789 bits per heavy atom. The predicted octanol–water partition coefficient (Wildman–Crippen LogP) is -3.52. The first-order valence-corrected chi connectivity index (χ1v) is 12.2. The Bertz CT molecular complexity index is 877. The third-order valence-corrected chi connectivity index (χ3v) is 5.70. The minimum absolute atomic E-state index is 0.0384. The number of carboxylic acid groups (broad SMARTS) is 1. The van der Waals surface area contributed by atoms with Crippen molar-refractivity contribution in [3.63, 3.8) is 0 Å². The van der Waals surface area contributed by atoms with Crippen LogP contribution in [0.3, 0.4) is 0 Å². The lowest BCUT2D eigenvalue weighted by molar-refractivity contribution is -0.143. The number of rotatable bonds is 19. The summed E-state index contributed by atoms with van der Waals surface area (Å²) in [6, 6.07) is -4.84. The molecule has 16 heteroatoms. The van der Waals surface area contributed by atoms with Crippen molar-refractivity contribution in [2.75, 3.05) is 6.54 Å². The van der Waals surface area contributed by atoms with Gasteiger partial charge in [0.15, 0.2) is 5.96 Å². The summed E-state index contributed by atoms with van der Waals surface area (Å²) in [5, 5.41) is 16.8. The molecule has 0 aromatic carbocycles. The summed E-state index contributed by atoms with van der Waals surface area (Å²) in [4.78, 5) is 76.1. The van der Waals surface area contributed by atoms with E-state index in [1.807, 2.05) is 0 Å². The van der Waals surface area contributed by atoms with Crippen LogP contribution in [0.15, 0.2) is 4.99 Å². The third-order valence-electron chi connectivity index (χ3n) is 5.70. The van der Waals surface area contributed by atoms with E-state index in [9.17, 15) is 33.9 Å². The molecule has 0 aliphatic carbocycles. The number of hydrogen-bond donors (Lipinski definition) is 9. The maximum absolute atomic E-state index is 13.2. The van der Waals surface area contributed by atoms with E-state index in [1.165, 1.54) is 0 Å². The molecule has 14 N–H and O–H groups in total. The van der Waals surface area contributed by atoms with Crippen LogP contribution in [-0.2, 0) is 28.8 Å². The maximum Gasteiger partial charge on any atom is 0.326 e. The predicted molar refractivity (Wildman–Crippen MR) is 138 cm³/mol. The van der Waals surface area contributed by atoms with Crippen molar-refractivity contribution in [2.45, 2.75) is 83.0 Å². The van der Waals surface area contributed by atoms with Gasteiger partial charge in [-0.1, -0.05) is 20.3 Å². The van der Waals surface area contributed by atoms with Crippen molar-refractivity contribution in [1.82, 2.24) is 16.0 Å². The van der Waals surface area contributed by atoms with Crippen LogP contribution < -0.4 is 44.6 Å². The number of hydrogen-bond acceptors (Lipinski definition) is 8. The number of carbonyl (C=O) groups excluding carboxylic acids is 5. The number of aliphatic carboxylic acids is 1. The Morgan fingerprint density at radius 3 is 1.84 bits per heavy atom. The molecular weight excluding hydrogens is 502 g/mol. The quantitative estimate of drug-likeness (QED) is 0.0439. The van der Waals surface area contributed by atoms with E-state index in [2.05, 4.69) is 20.9 Å². The van der Waals surface area contributed by atoms with Crippen molar-refractivity contribution in [3.8, 4) is 0 Å². The van der Waals surface area contributed by atoms with Gasteiger partial charge in [-0.2, -0.15) is 0 Å². The van der Waals surface area contributed by atoms with Crippen LogP contribution in [0.25, 0.3) is 0 Å². The maximum atomic E-state index is 13.2. The fourth-order valence-electron chi connectivity index (χ4n) is 3.24. The molecule has 216 valence electrons. The first-order valence-electron chi connectivity index (χ1n) is 12.2. The fourth-order valence-corrected chi connectivity index (χ4v) is 3.24. The number of nitrogens with zero attached hydrogens (tertiary/aromatic N) is 1. The first kappa shape index (κ1) is 34.0. The van der Waals surface area contributed by atoms with Gasteiger partial charge in [-0.3, -0.25) is 29.0 Å². The Morgan fingerprint density at radius 2 is 1.34 bits per heavy atom. The molecule has 38 heavy (non-hydrogen) atoms. The molecular formula is C22H41N9O7. The number of nitrogens with two attached hydrogens (primary N) is 5. The topological polar surface area (TPSA) is 301 Å². The van der Waals surface area contributed by atoms with Gasteiger partial charge in [-0.25, -0.2) is 4.79 Å². The highest BCUT2D eigenvalue weighted by Crippen LogP contribution is 2.11. The normalized spacial score (nSPS) is 14.6. The summed E-state index contributed by atoms with van der Waals surface area (Å²) >= 11 is 0. The van der Waals surface area contributed by atoms with Crippen molar-refractivity contribution in [1.29, 1.82) is 0 Å². The highest BCUT2D eigenvalue weighted by Gasteiger charge is 2.32. The second kappa shape index (κ2) is 17.5. The molecule has 0 saturated carbocycles. The lowest BCUT2D eigenvalue weighted by Crippen LogP contribution is -2.58. The molecule has 16 nitrogen and oxygen atoms in total. The average Bonchev–Trinajstić information content (AvgIpc) is 2.83. The van der Waals surface area contributed by atoms with E-state index in [4.69, 9.17) is 28.7 Å².